The summed E-state index contributed by atoms with van der Waals surface area (Å²) in [5, 5.41) is 10.4. The van der Waals surface area contributed by atoms with Gasteiger partial charge in [-0.05, 0) is 74.5 Å². The van der Waals surface area contributed by atoms with Crippen molar-refractivity contribution in [1.29, 1.82) is 0 Å². The van der Waals surface area contributed by atoms with Crippen molar-refractivity contribution in [3.05, 3.63) is 29.8 Å². The van der Waals surface area contributed by atoms with Gasteiger partial charge in [-0.3, -0.25) is 4.90 Å². The van der Waals surface area contributed by atoms with Crippen LogP contribution < -0.4 is 4.90 Å². The van der Waals surface area contributed by atoms with E-state index in [1.165, 1.54) is 50.7 Å². The Morgan fingerprint density at radius 3 is 2.24 bits per heavy atom. The van der Waals surface area contributed by atoms with Crippen molar-refractivity contribution in [2.45, 2.75) is 56.4 Å². The molecule has 1 aliphatic heterocycles. The van der Waals surface area contributed by atoms with Gasteiger partial charge in [-0.15, -0.1) is 0 Å². The minimum atomic E-state index is -4.33. The molecule has 1 saturated heterocycles. The highest BCUT2D eigenvalue weighted by Crippen LogP contribution is 2.57. The van der Waals surface area contributed by atoms with E-state index in [1.807, 2.05) is 4.90 Å². The molecule has 0 amide bonds. The van der Waals surface area contributed by atoms with E-state index in [4.69, 9.17) is 9.47 Å². The molecule has 190 valence electrons. The molecular formula is C26H37F3N2O3. The molecule has 6 rings (SSSR count). The van der Waals surface area contributed by atoms with Crippen molar-refractivity contribution < 1.29 is 27.8 Å². The minimum absolute atomic E-state index is 0.0933. The standard InChI is InChI=1S/C26H37F3N2O3/c27-26(28,29)22-2-1-3-23(13-22)31-6-4-30(5-7-31)17-24(32)18-33-8-9-34-25-14-19-10-20(15-25)12-21(11-19)16-25/h1-3,13,19-21,24,32H,4-12,14-18H2. The fourth-order valence-corrected chi connectivity index (χ4v) is 7.16. The number of rotatable bonds is 9. The maximum atomic E-state index is 13.0. The van der Waals surface area contributed by atoms with Crippen LogP contribution in [-0.4, -0.2) is 74.3 Å². The predicted octanol–water partition coefficient (Wildman–Crippen LogP) is 4.19. The molecule has 1 heterocycles. The quantitative estimate of drug-likeness (QED) is 0.535. The lowest BCUT2D eigenvalue weighted by Crippen LogP contribution is -2.52. The lowest BCUT2D eigenvalue weighted by atomic mass is 9.54. The van der Waals surface area contributed by atoms with Crippen LogP contribution in [0.4, 0.5) is 18.9 Å². The second-order valence-electron chi connectivity index (χ2n) is 11.0. The number of hydrogen-bond donors (Lipinski definition) is 1. The summed E-state index contributed by atoms with van der Waals surface area (Å²) in [6.45, 7) is 4.54. The molecule has 4 aliphatic carbocycles. The minimum Gasteiger partial charge on any atom is -0.389 e. The molecule has 1 atom stereocenters. The average molecular weight is 483 g/mol. The van der Waals surface area contributed by atoms with Crippen LogP contribution in [0, 0.1) is 17.8 Å². The molecule has 1 aromatic carbocycles. The number of anilines is 1. The number of aliphatic hydroxyl groups is 1. The number of alkyl halides is 3. The van der Waals surface area contributed by atoms with Crippen LogP contribution in [0.25, 0.3) is 0 Å². The third-order valence-corrected chi connectivity index (χ3v) is 8.31. The lowest BCUT2D eigenvalue weighted by molar-refractivity contribution is -0.170. The Kier molecular flexibility index (Phi) is 7.13. The van der Waals surface area contributed by atoms with Gasteiger partial charge in [0.05, 0.1) is 37.1 Å². The smallest absolute Gasteiger partial charge is 0.389 e. The first-order chi connectivity index (χ1) is 16.3. The molecular weight excluding hydrogens is 445 g/mol. The van der Waals surface area contributed by atoms with Gasteiger partial charge in [0.15, 0.2) is 0 Å². The second-order valence-corrected chi connectivity index (χ2v) is 11.0. The average Bonchev–Trinajstić information content (AvgIpc) is 2.78. The van der Waals surface area contributed by atoms with Gasteiger partial charge in [0.25, 0.3) is 0 Å². The third kappa shape index (κ3) is 5.72. The number of piperazine rings is 1. The van der Waals surface area contributed by atoms with E-state index in [9.17, 15) is 18.3 Å². The van der Waals surface area contributed by atoms with Gasteiger partial charge in [0.1, 0.15) is 0 Å². The molecule has 8 heteroatoms. The zero-order valence-electron chi connectivity index (χ0n) is 19.8. The SMILES string of the molecule is OC(COCCOC12CC3CC(CC(C3)C1)C2)CN1CCN(c2cccc(C(F)(F)F)c2)CC1. The molecule has 5 aliphatic rings. The third-order valence-electron chi connectivity index (χ3n) is 8.31. The van der Waals surface area contributed by atoms with Crippen LogP contribution in [-0.2, 0) is 15.7 Å². The van der Waals surface area contributed by atoms with Crippen LogP contribution in [0.1, 0.15) is 44.1 Å². The molecule has 0 radical (unpaired) electrons. The van der Waals surface area contributed by atoms with Gasteiger partial charge in [0, 0.05) is 38.4 Å². The van der Waals surface area contributed by atoms with E-state index in [0.29, 0.717) is 51.6 Å². The van der Waals surface area contributed by atoms with Crippen molar-refractivity contribution in [2.24, 2.45) is 17.8 Å². The fraction of sp³-hybridized carbons (Fsp3) is 0.769. The Hall–Kier alpha value is -1.35. The van der Waals surface area contributed by atoms with E-state index in [1.54, 1.807) is 6.07 Å². The van der Waals surface area contributed by atoms with Crippen LogP contribution in [0.2, 0.25) is 0 Å². The van der Waals surface area contributed by atoms with Crippen molar-refractivity contribution in [3.8, 4) is 0 Å². The summed E-state index contributed by atoms with van der Waals surface area (Å²) in [6.07, 6.45) is 2.94. The highest BCUT2D eigenvalue weighted by atomic mass is 19.4. The molecule has 34 heavy (non-hydrogen) atoms. The topological polar surface area (TPSA) is 45.2 Å². The first-order valence-corrected chi connectivity index (χ1v) is 12.8. The molecule has 0 spiro atoms. The summed E-state index contributed by atoms with van der Waals surface area (Å²) in [5.41, 5.74) is 0.0697. The molecule has 1 N–H and O–H groups in total. The number of β-amino-alcohol motifs (C(OH)–C–C–N with tert-alkyl or cyclic N) is 1. The Balaban J connectivity index is 0.980. The number of ether oxygens (including phenoxy) is 2. The number of hydrogen-bond acceptors (Lipinski definition) is 5. The summed E-state index contributed by atoms with van der Waals surface area (Å²) in [5.74, 6) is 2.59. The van der Waals surface area contributed by atoms with Gasteiger partial charge in [-0.25, -0.2) is 0 Å². The van der Waals surface area contributed by atoms with Gasteiger partial charge in [0.2, 0.25) is 0 Å². The van der Waals surface area contributed by atoms with Gasteiger partial charge < -0.3 is 19.5 Å². The van der Waals surface area contributed by atoms with E-state index in [2.05, 4.69) is 4.90 Å². The highest BCUT2D eigenvalue weighted by molar-refractivity contribution is 5.49. The van der Waals surface area contributed by atoms with Gasteiger partial charge in [-0.2, -0.15) is 13.2 Å². The Morgan fingerprint density at radius 1 is 0.971 bits per heavy atom. The van der Waals surface area contributed by atoms with E-state index in [-0.39, 0.29) is 12.2 Å². The fourth-order valence-electron chi connectivity index (χ4n) is 7.16. The summed E-state index contributed by atoms with van der Waals surface area (Å²) in [4.78, 5) is 4.11. The maximum Gasteiger partial charge on any atom is 0.416 e. The lowest BCUT2D eigenvalue weighted by Gasteiger charge is -2.56. The van der Waals surface area contributed by atoms with Crippen LogP contribution in [0.3, 0.4) is 0 Å². The molecule has 5 nitrogen and oxygen atoms in total. The number of benzene rings is 1. The summed E-state index contributed by atoms with van der Waals surface area (Å²) < 4.78 is 51.0. The van der Waals surface area contributed by atoms with Crippen molar-refractivity contribution in [3.63, 3.8) is 0 Å². The van der Waals surface area contributed by atoms with Crippen molar-refractivity contribution >= 4 is 5.69 Å². The van der Waals surface area contributed by atoms with Crippen LogP contribution in [0.15, 0.2) is 24.3 Å². The highest BCUT2D eigenvalue weighted by Gasteiger charge is 2.51. The molecule has 0 aromatic heterocycles. The van der Waals surface area contributed by atoms with E-state index in [0.717, 1.165) is 23.8 Å². The number of aliphatic hydroxyl groups excluding tert-OH is 1. The second kappa shape index (κ2) is 9.96. The van der Waals surface area contributed by atoms with E-state index >= 15 is 0 Å². The zero-order valence-corrected chi connectivity index (χ0v) is 19.8. The van der Waals surface area contributed by atoms with E-state index < -0.39 is 17.8 Å². The summed E-state index contributed by atoms with van der Waals surface area (Å²) in [7, 11) is 0. The van der Waals surface area contributed by atoms with Gasteiger partial charge in [-0.1, -0.05) is 6.07 Å². The predicted molar refractivity (Wildman–Crippen MR) is 124 cm³/mol. The first-order valence-electron chi connectivity index (χ1n) is 12.8. The summed E-state index contributed by atoms with van der Waals surface area (Å²) >= 11 is 0. The number of nitrogens with zero attached hydrogens (tertiary/aromatic N) is 2. The normalized spacial score (nSPS) is 32.4. The Morgan fingerprint density at radius 2 is 1.62 bits per heavy atom. The van der Waals surface area contributed by atoms with Crippen molar-refractivity contribution in [1.82, 2.24) is 4.90 Å². The largest absolute Gasteiger partial charge is 0.416 e. The van der Waals surface area contributed by atoms with Crippen LogP contribution in [0.5, 0.6) is 0 Å². The van der Waals surface area contributed by atoms with Crippen molar-refractivity contribution in [2.75, 3.05) is 57.4 Å². The molecule has 1 aromatic rings. The molecule has 5 fully saturated rings. The molecule has 4 bridgehead atoms. The first kappa shape index (κ1) is 24.3. The molecule has 1 unspecified atom stereocenters. The van der Waals surface area contributed by atoms with Gasteiger partial charge >= 0.3 is 6.18 Å². The Bertz CT molecular complexity index is 790. The summed E-state index contributed by atoms with van der Waals surface area (Å²) in [6, 6.07) is 5.49. The molecule has 4 saturated carbocycles. The number of halogens is 3. The zero-order chi connectivity index (χ0) is 23.8. The Labute approximate surface area is 200 Å². The monoisotopic (exact) mass is 482 g/mol. The van der Waals surface area contributed by atoms with Crippen LogP contribution >= 0.6 is 0 Å². The maximum absolute atomic E-state index is 13.0.